The molecule has 0 radical (unpaired) electrons. The quantitative estimate of drug-likeness (QED) is 0.327. The topological polar surface area (TPSA) is 82.0 Å². The molecule has 2 aromatic carbocycles. The van der Waals surface area contributed by atoms with Gasteiger partial charge in [-0.3, -0.25) is 4.79 Å². The van der Waals surface area contributed by atoms with Gasteiger partial charge < -0.3 is 14.3 Å². The molecule has 7 nitrogen and oxygen atoms in total. The number of hydrogen-bond acceptors (Lipinski definition) is 7. The number of nitrogens with zero attached hydrogens (tertiary/aromatic N) is 2. The first-order valence-electron chi connectivity index (χ1n) is 9.78. The first-order chi connectivity index (χ1) is 15.9. The van der Waals surface area contributed by atoms with Crippen molar-refractivity contribution in [2.45, 2.75) is 19.1 Å². The summed E-state index contributed by atoms with van der Waals surface area (Å²) in [5, 5.41) is 0. The van der Waals surface area contributed by atoms with Crippen LogP contribution in [0.5, 0.6) is 5.75 Å². The van der Waals surface area contributed by atoms with Gasteiger partial charge in [0.1, 0.15) is 12.4 Å². The lowest BCUT2D eigenvalue weighted by Crippen LogP contribution is -2.27. The Labute approximate surface area is 186 Å². The lowest BCUT2D eigenvalue weighted by Gasteiger charge is -2.26. The minimum absolute atomic E-state index is 0.00498. The Balaban J connectivity index is 1.83. The summed E-state index contributed by atoms with van der Waals surface area (Å²) in [7, 11) is 0. The molecule has 1 atom stereocenters. The van der Waals surface area contributed by atoms with E-state index in [0.29, 0.717) is 27.8 Å². The zero-order valence-corrected chi connectivity index (χ0v) is 17.3. The fourth-order valence-electron chi connectivity index (χ4n) is 3.68. The van der Waals surface area contributed by atoms with Gasteiger partial charge in [-0.25, -0.2) is 9.98 Å². The van der Waals surface area contributed by atoms with Crippen LogP contribution in [0.3, 0.4) is 0 Å². The average Bonchev–Trinajstić information content (AvgIpc) is 3.25. The van der Waals surface area contributed by atoms with Gasteiger partial charge >= 0.3 is 19.1 Å². The number of hydroxylamine groups is 1. The summed E-state index contributed by atoms with van der Waals surface area (Å²) in [4.78, 5) is 23.4. The van der Waals surface area contributed by atoms with Crippen molar-refractivity contribution >= 4 is 12.5 Å². The van der Waals surface area contributed by atoms with Gasteiger partial charge in [-0.1, -0.05) is 24.3 Å². The molecule has 0 bridgehead atoms. The van der Waals surface area contributed by atoms with Crippen LogP contribution in [0.15, 0.2) is 65.8 Å². The Morgan fingerprint density at radius 1 is 1.15 bits per heavy atom. The summed E-state index contributed by atoms with van der Waals surface area (Å²) >= 11 is 0. The molecule has 1 aliphatic heterocycles. The number of aromatic nitrogens is 1. The third-order valence-electron chi connectivity index (χ3n) is 5.18. The van der Waals surface area contributed by atoms with Crippen molar-refractivity contribution in [3.63, 3.8) is 0 Å². The van der Waals surface area contributed by atoms with Crippen LogP contribution < -0.4 is 10.2 Å². The molecule has 0 fully saturated rings. The highest BCUT2D eigenvalue weighted by Crippen LogP contribution is 2.40. The number of pyridine rings is 1. The van der Waals surface area contributed by atoms with Crippen molar-refractivity contribution in [3.8, 4) is 16.9 Å². The number of rotatable bonds is 7. The van der Waals surface area contributed by atoms with E-state index in [2.05, 4.69) is 25.0 Å². The molecule has 0 saturated heterocycles. The Morgan fingerprint density at radius 2 is 1.97 bits per heavy atom. The van der Waals surface area contributed by atoms with Crippen molar-refractivity contribution < 1.29 is 32.3 Å². The molecule has 1 aromatic heterocycles. The minimum Gasteiger partial charge on any atom is -0.460 e. The highest BCUT2D eigenvalue weighted by molar-refractivity contribution is 5.77. The molecule has 33 heavy (non-hydrogen) atoms. The minimum atomic E-state index is -2.96. The standard InChI is InChI=1S/C23H18F3N3O4/c1-14-10-17(7-8-19(14)33-21(25)26)23(12-31-22(28-23)29-32-13-30)16-5-2-4-15(11-16)18-6-3-9-27-20(18)24/h2-11,13,21H,12H2,1H3,(H,28,29). The van der Waals surface area contributed by atoms with Gasteiger partial charge in [0.15, 0.2) is 5.54 Å². The number of aryl methyl sites for hydroxylation is 1. The summed E-state index contributed by atoms with van der Waals surface area (Å²) in [6.45, 7) is -1.15. The molecular formula is C23H18F3N3O4. The number of halogens is 3. The molecule has 0 aliphatic carbocycles. The van der Waals surface area contributed by atoms with Crippen LogP contribution in [0, 0.1) is 12.9 Å². The fraction of sp³-hybridized carbons (Fsp3) is 0.174. The number of aliphatic imine (C=N–C) groups is 1. The monoisotopic (exact) mass is 457 g/mol. The van der Waals surface area contributed by atoms with Crippen LogP contribution in [-0.2, 0) is 19.9 Å². The van der Waals surface area contributed by atoms with Crippen LogP contribution in [-0.4, -0.2) is 30.7 Å². The molecule has 1 unspecified atom stereocenters. The number of carbonyl (C=O) groups is 1. The van der Waals surface area contributed by atoms with Gasteiger partial charge in [-0.15, -0.1) is 0 Å². The third kappa shape index (κ3) is 4.45. The van der Waals surface area contributed by atoms with E-state index < -0.39 is 18.1 Å². The Morgan fingerprint density at radius 3 is 2.70 bits per heavy atom. The van der Waals surface area contributed by atoms with Crippen molar-refractivity contribution in [3.05, 3.63) is 83.4 Å². The second kappa shape index (κ2) is 9.19. The maximum atomic E-state index is 14.3. The molecular weight excluding hydrogens is 439 g/mol. The number of ether oxygens (including phenoxy) is 2. The van der Waals surface area contributed by atoms with E-state index in [1.54, 1.807) is 55.5 Å². The van der Waals surface area contributed by atoms with Gasteiger partial charge in [0.2, 0.25) is 5.95 Å². The van der Waals surface area contributed by atoms with Crippen LogP contribution in [0.1, 0.15) is 16.7 Å². The van der Waals surface area contributed by atoms with E-state index in [1.165, 1.54) is 12.3 Å². The highest BCUT2D eigenvalue weighted by Gasteiger charge is 2.41. The predicted octanol–water partition coefficient (Wildman–Crippen LogP) is 4.10. The smallest absolute Gasteiger partial charge is 0.387 e. The SMILES string of the molecule is Cc1cc(C2(c3cccc(-c4cccnc4F)c3)COC(NOC=O)=N2)ccc1OC(F)F. The highest BCUT2D eigenvalue weighted by atomic mass is 19.3. The van der Waals surface area contributed by atoms with Crippen molar-refractivity contribution in [2.24, 2.45) is 4.99 Å². The Hall–Kier alpha value is -4.08. The third-order valence-corrected chi connectivity index (χ3v) is 5.18. The summed E-state index contributed by atoms with van der Waals surface area (Å²) in [6.07, 6.45) is 1.36. The van der Waals surface area contributed by atoms with E-state index in [4.69, 9.17) is 4.74 Å². The van der Waals surface area contributed by atoms with E-state index in [9.17, 15) is 18.0 Å². The number of hydrogen-bond donors (Lipinski definition) is 1. The molecule has 1 N–H and O–H groups in total. The molecule has 0 saturated carbocycles. The van der Waals surface area contributed by atoms with Crippen molar-refractivity contribution in [2.75, 3.05) is 6.61 Å². The molecule has 0 spiro atoms. The van der Waals surface area contributed by atoms with Gasteiger partial charge in [0.05, 0.1) is 0 Å². The van der Waals surface area contributed by atoms with Crippen molar-refractivity contribution in [1.82, 2.24) is 10.5 Å². The van der Waals surface area contributed by atoms with E-state index >= 15 is 0 Å². The summed E-state index contributed by atoms with van der Waals surface area (Å²) in [6, 6.07) is 14.9. The second-order valence-electron chi connectivity index (χ2n) is 7.16. The molecule has 3 aromatic rings. The van der Waals surface area contributed by atoms with Crippen molar-refractivity contribution in [1.29, 1.82) is 0 Å². The molecule has 2 heterocycles. The van der Waals surface area contributed by atoms with Crippen LogP contribution in [0.2, 0.25) is 0 Å². The number of benzene rings is 2. The first kappa shape index (κ1) is 22.1. The number of amidine groups is 1. The van der Waals surface area contributed by atoms with Gasteiger partial charge in [0, 0.05) is 11.8 Å². The summed E-state index contributed by atoms with van der Waals surface area (Å²) in [5.74, 6) is -0.596. The van der Waals surface area contributed by atoms with Gasteiger partial charge in [-0.2, -0.15) is 18.7 Å². The van der Waals surface area contributed by atoms with Crippen LogP contribution >= 0.6 is 0 Å². The molecule has 0 amide bonds. The maximum absolute atomic E-state index is 14.3. The second-order valence-corrected chi connectivity index (χ2v) is 7.16. The molecule has 10 heteroatoms. The van der Waals surface area contributed by atoms with Gasteiger partial charge in [-0.05, 0) is 59.5 Å². The Kier molecular flexibility index (Phi) is 6.16. The lowest BCUT2D eigenvalue weighted by molar-refractivity contribution is -0.132. The lowest BCUT2D eigenvalue weighted by atomic mass is 9.82. The summed E-state index contributed by atoms with van der Waals surface area (Å²) < 4.78 is 49.9. The predicted molar refractivity (Wildman–Crippen MR) is 112 cm³/mol. The zero-order valence-electron chi connectivity index (χ0n) is 17.3. The van der Waals surface area contributed by atoms with Gasteiger partial charge in [0.25, 0.3) is 0 Å². The van der Waals surface area contributed by atoms with E-state index in [1.807, 2.05) is 0 Å². The van der Waals surface area contributed by atoms with Crippen LogP contribution in [0.25, 0.3) is 11.1 Å². The molecule has 1 aliphatic rings. The average molecular weight is 457 g/mol. The number of nitrogens with one attached hydrogen (secondary N) is 1. The maximum Gasteiger partial charge on any atom is 0.387 e. The Bertz CT molecular complexity index is 1210. The van der Waals surface area contributed by atoms with Crippen LogP contribution in [0.4, 0.5) is 13.2 Å². The molecule has 170 valence electrons. The fourth-order valence-corrected chi connectivity index (χ4v) is 3.68. The van der Waals surface area contributed by atoms with E-state index in [0.717, 1.165) is 0 Å². The number of carbonyl (C=O) groups excluding carboxylic acids is 1. The normalized spacial score (nSPS) is 17.3. The first-order valence-corrected chi connectivity index (χ1v) is 9.78. The van der Waals surface area contributed by atoms with E-state index in [-0.39, 0.29) is 24.9 Å². The molecule has 4 rings (SSSR count). The number of alkyl halides is 2. The zero-order chi connectivity index (χ0) is 23.4. The largest absolute Gasteiger partial charge is 0.460 e. The summed E-state index contributed by atoms with van der Waals surface area (Å²) in [5.41, 5.74) is 3.72.